The van der Waals surface area contributed by atoms with Gasteiger partial charge in [-0.3, -0.25) is 19.2 Å². The summed E-state index contributed by atoms with van der Waals surface area (Å²) in [5, 5.41) is 0. The first-order valence-corrected chi connectivity index (χ1v) is 10.5. The second kappa shape index (κ2) is 9.04. The molecule has 2 aromatic carbocycles. The van der Waals surface area contributed by atoms with Gasteiger partial charge >= 0.3 is 0 Å². The smallest absolute Gasteiger partial charge is 0.195 e. The molecule has 0 aliphatic carbocycles. The molecule has 164 valence electrons. The van der Waals surface area contributed by atoms with Crippen LogP contribution in [0.25, 0.3) is 0 Å². The molecule has 6 heteroatoms. The van der Waals surface area contributed by atoms with Crippen molar-refractivity contribution in [1.29, 1.82) is 0 Å². The molecule has 0 saturated heterocycles. The van der Waals surface area contributed by atoms with Gasteiger partial charge in [0.2, 0.25) is 0 Å². The average molecular weight is 438 g/mol. The molecule has 33 heavy (non-hydrogen) atoms. The summed E-state index contributed by atoms with van der Waals surface area (Å²) in [4.78, 5) is 55.9. The van der Waals surface area contributed by atoms with E-state index in [4.69, 9.17) is 0 Å². The van der Waals surface area contributed by atoms with E-state index in [0.717, 1.165) is 0 Å². The van der Waals surface area contributed by atoms with Gasteiger partial charge in [-0.15, -0.1) is 0 Å². The van der Waals surface area contributed by atoms with Crippen molar-refractivity contribution in [2.75, 3.05) is 0 Å². The van der Waals surface area contributed by atoms with Crippen LogP contribution in [0.3, 0.4) is 0 Å². The van der Waals surface area contributed by atoms with Crippen molar-refractivity contribution >= 4 is 24.1 Å². The first kappa shape index (κ1) is 21.9. The van der Waals surface area contributed by atoms with Gasteiger partial charge < -0.3 is 9.97 Å². The van der Waals surface area contributed by atoms with Crippen LogP contribution in [0.1, 0.15) is 75.3 Å². The molecule has 0 aliphatic rings. The lowest BCUT2D eigenvalue weighted by atomic mass is 9.95. The Labute approximate surface area is 190 Å². The van der Waals surface area contributed by atoms with Crippen LogP contribution in [-0.2, 0) is 6.42 Å². The number of aromatic amines is 2. The van der Waals surface area contributed by atoms with Crippen LogP contribution < -0.4 is 0 Å². The van der Waals surface area contributed by atoms with E-state index >= 15 is 0 Å². The molecule has 0 fully saturated rings. The van der Waals surface area contributed by atoms with Gasteiger partial charge in [-0.1, -0.05) is 60.7 Å². The van der Waals surface area contributed by atoms with Crippen LogP contribution in [0.2, 0.25) is 0 Å². The van der Waals surface area contributed by atoms with E-state index in [-0.39, 0.29) is 18.0 Å². The third-order valence-electron chi connectivity index (χ3n) is 5.85. The van der Waals surface area contributed by atoms with Crippen molar-refractivity contribution in [3.8, 4) is 0 Å². The lowest BCUT2D eigenvalue weighted by Crippen LogP contribution is -2.09. The lowest BCUT2D eigenvalue weighted by Gasteiger charge is -2.08. The molecule has 0 aliphatic heterocycles. The molecule has 0 unspecified atom stereocenters. The van der Waals surface area contributed by atoms with Crippen LogP contribution in [0, 0.1) is 13.8 Å². The Balaban J connectivity index is 1.83. The molecule has 0 atom stereocenters. The van der Waals surface area contributed by atoms with Crippen LogP contribution in [0.4, 0.5) is 0 Å². The van der Waals surface area contributed by atoms with Crippen molar-refractivity contribution in [3.63, 3.8) is 0 Å². The number of rotatable bonds is 8. The summed E-state index contributed by atoms with van der Waals surface area (Å²) in [7, 11) is 0. The SMILES string of the molecule is Cc1c(C=O)[nH]c(Cc2[nH]c(C=O)c(C)c2C(=O)c2ccccc2)c1C(=O)c1ccccc1. The maximum absolute atomic E-state index is 13.3. The normalized spacial score (nSPS) is 10.7. The first-order valence-electron chi connectivity index (χ1n) is 10.5. The molecule has 2 heterocycles. The summed E-state index contributed by atoms with van der Waals surface area (Å²) >= 11 is 0. The second-order valence-corrected chi connectivity index (χ2v) is 7.84. The number of H-pyrrole nitrogens is 2. The van der Waals surface area contributed by atoms with E-state index in [2.05, 4.69) is 9.97 Å². The highest BCUT2D eigenvalue weighted by atomic mass is 16.1. The van der Waals surface area contributed by atoms with E-state index in [1.54, 1.807) is 62.4 Å². The fourth-order valence-electron chi connectivity index (χ4n) is 4.12. The van der Waals surface area contributed by atoms with Gasteiger partial charge in [0, 0.05) is 40.1 Å². The number of hydrogen-bond donors (Lipinski definition) is 2. The zero-order valence-corrected chi connectivity index (χ0v) is 18.3. The van der Waals surface area contributed by atoms with Crippen molar-refractivity contribution in [3.05, 3.63) is 117 Å². The standard InChI is InChI=1S/C27H22N2O4/c1-16-22(14-30)28-20(24(16)26(32)18-9-5-3-6-10-18)13-21-25(17(2)23(15-31)29-21)27(33)19-11-7-4-8-12-19/h3-12,14-15,28-29H,13H2,1-2H3. The highest BCUT2D eigenvalue weighted by Gasteiger charge is 2.26. The number of benzene rings is 2. The summed E-state index contributed by atoms with van der Waals surface area (Å²) in [6.07, 6.45) is 1.49. The maximum atomic E-state index is 13.3. The Morgan fingerprint density at radius 1 is 0.667 bits per heavy atom. The Morgan fingerprint density at radius 2 is 1.03 bits per heavy atom. The Kier molecular flexibility index (Phi) is 6.00. The third-order valence-corrected chi connectivity index (χ3v) is 5.85. The summed E-state index contributed by atoms with van der Waals surface area (Å²) in [5.74, 6) is -0.440. The minimum absolute atomic E-state index is 0.144. The predicted octanol–water partition coefficient (Wildman–Crippen LogP) is 4.64. The summed E-state index contributed by atoms with van der Waals surface area (Å²) < 4.78 is 0. The van der Waals surface area contributed by atoms with E-state index in [1.807, 2.05) is 12.1 Å². The fraction of sp³-hybridized carbons (Fsp3) is 0.111. The predicted molar refractivity (Wildman–Crippen MR) is 124 cm³/mol. The van der Waals surface area contributed by atoms with Gasteiger partial charge in [-0.05, 0) is 25.0 Å². The minimum Gasteiger partial charge on any atom is -0.355 e. The summed E-state index contributed by atoms with van der Waals surface area (Å²) in [6.45, 7) is 3.43. The average Bonchev–Trinajstić information content (AvgIpc) is 3.34. The van der Waals surface area contributed by atoms with Crippen molar-refractivity contribution in [2.24, 2.45) is 0 Å². The number of carbonyl (C=O) groups is 4. The molecule has 4 aromatic rings. The van der Waals surface area contributed by atoms with Crippen LogP contribution >= 0.6 is 0 Å². The minimum atomic E-state index is -0.220. The van der Waals surface area contributed by atoms with Crippen molar-refractivity contribution in [2.45, 2.75) is 20.3 Å². The lowest BCUT2D eigenvalue weighted by molar-refractivity contribution is 0.103. The first-order chi connectivity index (χ1) is 16.0. The number of hydrogen-bond acceptors (Lipinski definition) is 4. The van der Waals surface area contributed by atoms with Crippen molar-refractivity contribution < 1.29 is 19.2 Å². The maximum Gasteiger partial charge on any atom is 0.195 e. The van der Waals surface area contributed by atoms with Gasteiger partial charge in [0.25, 0.3) is 0 Å². The number of aromatic nitrogens is 2. The van der Waals surface area contributed by atoms with Gasteiger partial charge in [0.1, 0.15) is 0 Å². The van der Waals surface area contributed by atoms with Gasteiger partial charge in [-0.25, -0.2) is 0 Å². The molecule has 6 nitrogen and oxygen atoms in total. The molecule has 4 rings (SSSR count). The number of aldehydes is 2. The molecule has 0 radical (unpaired) electrons. The summed E-state index contributed by atoms with van der Waals surface area (Å²) in [5.41, 5.74) is 4.48. The second-order valence-electron chi connectivity index (χ2n) is 7.84. The highest BCUT2D eigenvalue weighted by molar-refractivity contribution is 6.13. The van der Waals surface area contributed by atoms with E-state index in [0.29, 0.717) is 68.7 Å². The quantitative estimate of drug-likeness (QED) is 0.309. The van der Waals surface area contributed by atoms with Gasteiger partial charge in [0.05, 0.1) is 11.4 Å². The van der Waals surface area contributed by atoms with E-state index < -0.39 is 0 Å². The molecule has 0 amide bonds. The van der Waals surface area contributed by atoms with Crippen LogP contribution in [0.5, 0.6) is 0 Å². The largest absolute Gasteiger partial charge is 0.355 e. The molecule has 0 bridgehead atoms. The molecule has 2 N–H and O–H groups in total. The van der Waals surface area contributed by atoms with Gasteiger partial charge in [-0.2, -0.15) is 0 Å². The van der Waals surface area contributed by atoms with E-state index in [9.17, 15) is 19.2 Å². The van der Waals surface area contributed by atoms with Gasteiger partial charge in [0.15, 0.2) is 24.1 Å². The Hall–Kier alpha value is -4.32. The zero-order chi connectivity index (χ0) is 23.5. The topological polar surface area (TPSA) is 99.9 Å². The molecule has 2 aromatic heterocycles. The van der Waals surface area contributed by atoms with Crippen LogP contribution in [-0.4, -0.2) is 34.1 Å². The molecule has 0 spiro atoms. The van der Waals surface area contributed by atoms with E-state index in [1.165, 1.54) is 0 Å². The highest BCUT2D eigenvalue weighted by Crippen LogP contribution is 2.27. The number of ketones is 2. The fourth-order valence-corrected chi connectivity index (χ4v) is 4.12. The number of nitrogens with one attached hydrogen (secondary N) is 2. The monoisotopic (exact) mass is 438 g/mol. The van der Waals surface area contributed by atoms with Crippen molar-refractivity contribution in [1.82, 2.24) is 9.97 Å². The Bertz CT molecular complexity index is 1260. The number of carbonyl (C=O) groups excluding carboxylic acids is 4. The zero-order valence-electron chi connectivity index (χ0n) is 18.3. The Morgan fingerprint density at radius 3 is 1.36 bits per heavy atom. The summed E-state index contributed by atoms with van der Waals surface area (Å²) in [6, 6.07) is 17.6. The third kappa shape index (κ3) is 3.99. The molecular weight excluding hydrogens is 416 g/mol. The molecule has 0 saturated carbocycles. The van der Waals surface area contributed by atoms with Crippen LogP contribution in [0.15, 0.2) is 60.7 Å². The molecular formula is C27H22N2O4.